The highest BCUT2D eigenvalue weighted by Crippen LogP contribution is 2.00. The van der Waals surface area contributed by atoms with E-state index in [0.717, 1.165) is 0 Å². The second kappa shape index (κ2) is 7.54. The topological polar surface area (TPSA) is 0 Å². The highest BCUT2D eigenvalue weighted by molar-refractivity contribution is 6.56. The molecule has 0 aliphatic carbocycles. The molecule has 0 nitrogen and oxygen atoms in total. The molecular formula is C12H20Cl2Si2. The first-order chi connectivity index (χ1) is 7.58. The zero-order valence-electron chi connectivity index (χ0n) is 10.0. The van der Waals surface area contributed by atoms with E-state index in [9.17, 15) is 0 Å². The van der Waals surface area contributed by atoms with Crippen LogP contribution in [0.15, 0.2) is 24.3 Å². The molecule has 1 aromatic rings. The van der Waals surface area contributed by atoms with Gasteiger partial charge in [-0.25, -0.2) is 0 Å². The normalized spacial score (nSPS) is 16.2. The van der Waals surface area contributed by atoms with Crippen LogP contribution < -0.4 is 10.4 Å². The van der Waals surface area contributed by atoms with E-state index in [2.05, 4.69) is 38.1 Å². The van der Waals surface area contributed by atoms with Crippen LogP contribution in [0.25, 0.3) is 0 Å². The van der Waals surface area contributed by atoms with Gasteiger partial charge in [-0.05, 0) is 25.9 Å². The fourth-order valence-electron chi connectivity index (χ4n) is 1.60. The molecule has 90 valence electrons. The predicted molar refractivity (Wildman–Crippen MR) is 83.0 cm³/mol. The molecule has 1 aromatic carbocycles. The van der Waals surface area contributed by atoms with Crippen LogP contribution in [0.2, 0.25) is 12.1 Å². The Labute approximate surface area is 113 Å². The van der Waals surface area contributed by atoms with Gasteiger partial charge in [0.25, 0.3) is 0 Å². The number of rotatable bonds is 6. The minimum absolute atomic E-state index is 0.147. The van der Waals surface area contributed by atoms with E-state index in [1.54, 1.807) is 0 Å². The van der Waals surface area contributed by atoms with Crippen molar-refractivity contribution in [2.24, 2.45) is 0 Å². The molecule has 0 amide bonds. The van der Waals surface area contributed by atoms with Gasteiger partial charge in [-0.15, -0.1) is 23.2 Å². The molecule has 1 rings (SSSR count). The largest absolute Gasteiger partial charge is 0.124 e. The molecule has 4 heteroatoms. The summed E-state index contributed by atoms with van der Waals surface area (Å²) in [6.07, 6.45) is 0. The van der Waals surface area contributed by atoms with Crippen LogP contribution in [-0.4, -0.2) is 29.8 Å². The standard InChI is InChI=1S/C12H20Cl2Si2/c1-9(13)7-15-11-3-5-12(6-4-11)16-8-10(2)14/h3-6,9-10H,7-8,15-16H2,1-2H3. The average Bonchev–Trinajstić information content (AvgIpc) is 2.25. The summed E-state index contributed by atoms with van der Waals surface area (Å²) in [6, 6.07) is 11.6. The van der Waals surface area contributed by atoms with Gasteiger partial charge in [0, 0.05) is 10.8 Å². The zero-order valence-corrected chi connectivity index (χ0v) is 14.4. The predicted octanol–water partition coefficient (Wildman–Crippen LogP) is 1.37. The van der Waals surface area contributed by atoms with E-state index in [1.807, 2.05) is 0 Å². The highest BCUT2D eigenvalue weighted by atomic mass is 35.5. The molecular weight excluding hydrogens is 271 g/mol. The van der Waals surface area contributed by atoms with Crippen LogP contribution in [0, 0.1) is 0 Å². The van der Waals surface area contributed by atoms with Gasteiger partial charge < -0.3 is 0 Å². The third kappa shape index (κ3) is 6.09. The Morgan fingerprint density at radius 1 is 0.875 bits per heavy atom. The number of hydrogen-bond donors (Lipinski definition) is 0. The molecule has 2 unspecified atom stereocenters. The average molecular weight is 291 g/mol. The molecule has 0 heterocycles. The third-order valence-electron chi connectivity index (χ3n) is 2.68. The van der Waals surface area contributed by atoms with E-state index in [4.69, 9.17) is 23.2 Å². The van der Waals surface area contributed by atoms with E-state index < -0.39 is 0 Å². The lowest BCUT2D eigenvalue weighted by Gasteiger charge is -2.05. The molecule has 0 radical (unpaired) electrons. The van der Waals surface area contributed by atoms with Crippen molar-refractivity contribution in [3.8, 4) is 0 Å². The van der Waals surface area contributed by atoms with Gasteiger partial charge in [-0.3, -0.25) is 0 Å². The summed E-state index contributed by atoms with van der Waals surface area (Å²) in [5.74, 6) is 0. The second-order valence-electron chi connectivity index (χ2n) is 4.46. The van der Waals surface area contributed by atoms with Crippen LogP contribution >= 0.6 is 23.2 Å². The Bertz CT molecular complexity index is 265. The fourth-order valence-corrected chi connectivity index (χ4v) is 4.86. The smallest absolute Gasteiger partial charge is 0.0561 e. The molecule has 0 bridgehead atoms. The highest BCUT2D eigenvalue weighted by Gasteiger charge is 2.01. The minimum Gasteiger partial charge on any atom is -0.124 e. The minimum atomic E-state index is -0.147. The van der Waals surface area contributed by atoms with Crippen molar-refractivity contribution in [1.29, 1.82) is 0 Å². The van der Waals surface area contributed by atoms with Crippen molar-refractivity contribution in [1.82, 2.24) is 0 Å². The summed E-state index contributed by atoms with van der Waals surface area (Å²) in [5.41, 5.74) is 0. The molecule has 0 saturated carbocycles. The monoisotopic (exact) mass is 290 g/mol. The Balaban J connectivity index is 2.41. The Morgan fingerprint density at radius 2 is 1.19 bits per heavy atom. The van der Waals surface area contributed by atoms with Crippen LogP contribution in [0.3, 0.4) is 0 Å². The molecule has 2 atom stereocenters. The van der Waals surface area contributed by atoms with E-state index >= 15 is 0 Å². The van der Waals surface area contributed by atoms with Gasteiger partial charge in [0.1, 0.15) is 0 Å². The summed E-state index contributed by atoms with van der Waals surface area (Å²) in [4.78, 5) is 0. The Kier molecular flexibility index (Phi) is 6.74. The fraction of sp³-hybridized carbons (Fsp3) is 0.500. The van der Waals surface area contributed by atoms with E-state index in [0.29, 0.717) is 10.8 Å². The first-order valence-electron chi connectivity index (χ1n) is 5.94. The van der Waals surface area contributed by atoms with Crippen molar-refractivity contribution in [3.63, 3.8) is 0 Å². The van der Waals surface area contributed by atoms with Crippen molar-refractivity contribution in [3.05, 3.63) is 24.3 Å². The van der Waals surface area contributed by atoms with Crippen LogP contribution in [-0.2, 0) is 0 Å². The Morgan fingerprint density at radius 3 is 1.44 bits per heavy atom. The van der Waals surface area contributed by atoms with Gasteiger partial charge in [-0.1, -0.05) is 34.6 Å². The molecule has 0 N–H and O–H groups in total. The summed E-state index contributed by atoms with van der Waals surface area (Å²) >= 11 is 11.9. The van der Waals surface area contributed by atoms with Crippen molar-refractivity contribution in [2.45, 2.75) is 36.7 Å². The van der Waals surface area contributed by atoms with Gasteiger partial charge in [0.05, 0.1) is 19.0 Å². The van der Waals surface area contributed by atoms with Crippen molar-refractivity contribution in [2.75, 3.05) is 0 Å². The van der Waals surface area contributed by atoms with Gasteiger partial charge >= 0.3 is 0 Å². The maximum Gasteiger partial charge on any atom is 0.0561 e. The number of hydrogen-bond acceptors (Lipinski definition) is 0. The number of halogens is 2. The van der Waals surface area contributed by atoms with Crippen LogP contribution in [0.4, 0.5) is 0 Å². The molecule has 0 aliphatic heterocycles. The van der Waals surface area contributed by atoms with Gasteiger partial charge in [-0.2, -0.15) is 0 Å². The molecule has 0 fully saturated rings. The van der Waals surface area contributed by atoms with E-state index in [1.165, 1.54) is 22.5 Å². The molecule has 0 aliphatic rings. The quantitative estimate of drug-likeness (QED) is 0.548. The molecule has 16 heavy (non-hydrogen) atoms. The summed E-state index contributed by atoms with van der Waals surface area (Å²) < 4.78 is 0. The van der Waals surface area contributed by atoms with Gasteiger partial charge in [0.2, 0.25) is 0 Å². The first kappa shape index (κ1) is 14.3. The summed E-state index contributed by atoms with van der Waals surface area (Å²) in [5, 5.41) is 3.73. The zero-order chi connectivity index (χ0) is 12.0. The van der Waals surface area contributed by atoms with Crippen molar-refractivity contribution < 1.29 is 0 Å². The van der Waals surface area contributed by atoms with E-state index in [-0.39, 0.29) is 19.0 Å². The van der Waals surface area contributed by atoms with Crippen LogP contribution in [0.5, 0.6) is 0 Å². The van der Waals surface area contributed by atoms with Gasteiger partial charge in [0.15, 0.2) is 0 Å². The second-order valence-corrected chi connectivity index (χ2v) is 9.73. The lowest BCUT2D eigenvalue weighted by atomic mass is 10.4. The number of alkyl halides is 2. The number of benzene rings is 1. The molecule has 0 spiro atoms. The Hall–Kier alpha value is 0.234. The summed E-state index contributed by atoms with van der Waals surface area (Å²) in [6.45, 7) is 4.16. The summed E-state index contributed by atoms with van der Waals surface area (Å²) in [7, 11) is -0.294. The molecule has 0 saturated heterocycles. The third-order valence-corrected chi connectivity index (χ3v) is 8.26. The first-order valence-corrected chi connectivity index (χ1v) is 10.2. The maximum atomic E-state index is 5.97. The lowest BCUT2D eigenvalue weighted by Crippen LogP contribution is -2.22. The SMILES string of the molecule is CC(Cl)C[SiH2]c1ccc([SiH2]CC(C)Cl)cc1. The van der Waals surface area contributed by atoms with Crippen molar-refractivity contribution >= 4 is 52.6 Å². The van der Waals surface area contributed by atoms with Crippen LogP contribution in [0.1, 0.15) is 13.8 Å². The lowest BCUT2D eigenvalue weighted by molar-refractivity contribution is 1.09. The molecule has 0 aromatic heterocycles. The maximum absolute atomic E-state index is 5.97.